The van der Waals surface area contributed by atoms with Gasteiger partial charge in [-0.3, -0.25) is 0 Å². The Kier molecular flexibility index (Phi) is 4.70. The molecule has 0 fully saturated rings. The number of hydrogen-bond donors (Lipinski definition) is 1. The van der Waals surface area contributed by atoms with Gasteiger partial charge < -0.3 is 10.1 Å². The second-order valence-electron chi connectivity index (χ2n) is 6.34. The lowest BCUT2D eigenvalue weighted by molar-refractivity contribution is 0.210. The molecular weight excluding hydrogens is 378 g/mol. The first-order valence-electron chi connectivity index (χ1n) is 8.71. The molecule has 8 nitrogen and oxygen atoms in total. The van der Waals surface area contributed by atoms with E-state index in [1.807, 2.05) is 31.2 Å². The second-order valence-corrected chi connectivity index (χ2v) is 8.21. The Morgan fingerprint density at radius 3 is 2.61 bits per heavy atom. The average Bonchev–Trinajstić information content (AvgIpc) is 3.13. The normalized spacial score (nSPS) is 11.9. The lowest BCUT2D eigenvalue weighted by Gasteiger charge is -2.10. The van der Waals surface area contributed by atoms with Gasteiger partial charge in [-0.2, -0.15) is 4.52 Å². The molecule has 0 aliphatic carbocycles. The number of aromatic nitrogens is 4. The van der Waals surface area contributed by atoms with Crippen LogP contribution in [0.25, 0.3) is 16.6 Å². The van der Waals surface area contributed by atoms with E-state index < -0.39 is 9.84 Å². The Bertz CT molecular complexity index is 1250. The van der Waals surface area contributed by atoms with Crippen LogP contribution in [-0.2, 0) is 14.6 Å². The van der Waals surface area contributed by atoms with Crippen LogP contribution in [0.2, 0.25) is 0 Å². The first-order valence-corrected chi connectivity index (χ1v) is 10.2. The summed E-state index contributed by atoms with van der Waals surface area (Å²) in [6.07, 6.45) is 0. The molecule has 0 aliphatic rings. The highest BCUT2D eigenvalue weighted by molar-refractivity contribution is 7.91. The van der Waals surface area contributed by atoms with Crippen molar-refractivity contribution in [1.82, 2.24) is 19.8 Å². The van der Waals surface area contributed by atoms with Gasteiger partial charge in [0.05, 0.1) is 17.0 Å². The third-order valence-corrected chi connectivity index (χ3v) is 6.07. The Morgan fingerprint density at radius 1 is 1.11 bits per heavy atom. The van der Waals surface area contributed by atoms with E-state index in [0.717, 1.165) is 10.9 Å². The van der Waals surface area contributed by atoms with E-state index in [2.05, 4.69) is 20.6 Å². The summed E-state index contributed by atoms with van der Waals surface area (Å²) in [5.41, 5.74) is 1.87. The molecule has 4 rings (SSSR count). The molecule has 9 heteroatoms. The Balaban J connectivity index is 1.92. The number of sulfone groups is 1. The molecule has 0 saturated heterocycles. The second kappa shape index (κ2) is 7.17. The van der Waals surface area contributed by atoms with Gasteiger partial charge in [0.25, 0.3) is 0 Å². The van der Waals surface area contributed by atoms with Crippen LogP contribution >= 0.6 is 0 Å². The molecule has 4 aromatic rings. The number of nitrogens with zero attached hydrogens (tertiary/aromatic N) is 4. The lowest BCUT2D eigenvalue weighted by atomic mass is 10.2. The Hall–Kier alpha value is -3.04. The molecule has 0 bridgehead atoms. The third-order valence-electron chi connectivity index (χ3n) is 4.41. The topological polar surface area (TPSA) is 98.5 Å². The van der Waals surface area contributed by atoms with Gasteiger partial charge in [-0.1, -0.05) is 35.0 Å². The summed E-state index contributed by atoms with van der Waals surface area (Å²) < 4.78 is 32.8. The number of aryl methyl sites for hydroxylation is 1. The zero-order valence-electron chi connectivity index (χ0n) is 15.5. The third kappa shape index (κ3) is 3.08. The summed E-state index contributed by atoms with van der Waals surface area (Å²) in [5.74, 6) is 0.558. The summed E-state index contributed by atoms with van der Waals surface area (Å²) in [6, 6.07) is 14.1. The standard InChI is InChI=1S/C19H19N5O3S/c1-13-7-9-14(10-8-13)28(25,26)19-18-21-17(20-11-12-27-2)15-5-3-4-6-16(15)24(18)23-22-19/h3-10H,11-12H2,1-2H3,(H,20,21). The van der Waals surface area contributed by atoms with Gasteiger partial charge >= 0.3 is 0 Å². The smallest absolute Gasteiger partial charge is 0.229 e. The molecule has 0 radical (unpaired) electrons. The molecule has 0 spiro atoms. The zero-order chi connectivity index (χ0) is 19.7. The number of benzene rings is 2. The molecule has 2 aromatic heterocycles. The van der Waals surface area contributed by atoms with Gasteiger partial charge in [0.15, 0.2) is 5.65 Å². The molecule has 2 aromatic carbocycles. The SMILES string of the molecule is COCCNc1nc2c(S(=O)(=O)c3ccc(C)cc3)nnn2c2ccccc12. The van der Waals surface area contributed by atoms with Crippen LogP contribution < -0.4 is 5.32 Å². The summed E-state index contributed by atoms with van der Waals surface area (Å²) in [5, 5.41) is 11.9. The highest BCUT2D eigenvalue weighted by Crippen LogP contribution is 2.27. The van der Waals surface area contributed by atoms with E-state index in [-0.39, 0.29) is 15.6 Å². The number of nitrogens with one attached hydrogen (secondary N) is 1. The van der Waals surface area contributed by atoms with Crippen LogP contribution in [0.1, 0.15) is 5.56 Å². The van der Waals surface area contributed by atoms with Crippen molar-refractivity contribution >= 4 is 32.2 Å². The molecular formula is C19H19N5O3S. The van der Waals surface area contributed by atoms with Crippen LogP contribution in [0.5, 0.6) is 0 Å². The lowest BCUT2D eigenvalue weighted by Crippen LogP contribution is -2.11. The monoisotopic (exact) mass is 397 g/mol. The summed E-state index contributed by atoms with van der Waals surface area (Å²) in [7, 11) is -2.24. The van der Waals surface area contributed by atoms with Gasteiger partial charge in [-0.05, 0) is 31.2 Å². The minimum Gasteiger partial charge on any atom is -0.383 e. The fraction of sp³-hybridized carbons (Fsp3) is 0.211. The first-order chi connectivity index (χ1) is 13.5. The van der Waals surface area contributed by atoms with Crippen LogP contribution in [-0.4, -0.2) is 48.5 Å². The number of ether oxygens (including phenoxy) is 1. The maximum absolute atomic E-state index is 13.1. The maximum atomic E-state index is 13.1. The number of rotatable bonds is 6. The quantitative estimate of drug-likeness (QED) is 0.499. The number of hydrogen-bond acceptors (Lipinski definition) is 7. The summed E-state index contributed by atoms with van der Waals surface area (Å²) in [4.78, 5) is 4.69. The van der Waals surface area contributed by atoms with Crippen molar-refractivity contribution < 1.29 is 13.2 Å². The highest BCUT2D eigenvalue weighted by Gasteiger charge is 2.27. The largest absolute Gasteiger partial charge is 0.383 e. The number of anilines is 1. The van der Waals surface area contributed by atoms with Crippen molar-refractivity contribution in [2.24, 2.45) is 0 Å². The van der Waals surface area contributed by atoms with Crippen LogP contribution in [0.3, 0.4) is 0 Å². The number of methoxy groups -OCH3 is 1. The predicted molar refractivity (Wildman–Crippen MR) is 105 cm³/mol. The van der Waals surface area contributed by atoms with Gasteiger partial charge in [0, 0.05) is 19.0 Å². The van der Waals surface area contributed by atoms with Gasteiger partial charge in [0.1, 0.15) is 5.82 Å². The fourth-order valence-corrected chi connectivity index (χ4v) is 4.19. The molecule has 2 heterocycles. The van der Waals surface area contributed by atoms with E-state index in [0.29, 0.717) is 24.5 Å². The Labute approximate surface area is 162 Å². The highest BCUT2D eigenvalue weighted by atomic mass is 32.2. The predicted octanol–water partition coefficient (Wildman–Crippen LogP) is 2.48. The molecule has 0 saturated carbocycles. The molecule has 0 unspecified atom stereocenters. The Morgan fingerprint density at radius 2 is 1.86 bits per heavy atom. The molecule has 0 amide bonds. The van der Waals surface area contributed by atoms with E-state index in [1.165, 1.54) is 4.52 Å². The van der Waals surface area contributed by atoms with Crippen molar-refractivity contribution in [2.45, 2.75) is 16.8 Å². The van der Waals surface area contributed by atoms with Crippen molar-refractivity contribution in [3.8, 4) is 0 Å². The van der Waals surface area contributed by atoms with E-state index >= 15 is 0 Å². The van der Waals surface area contributed by atoms with Crippen LogP contribution in [0.4, 0.5) is 5.82 Å². The van der Waals surface area contributed by atoms with Gasteiger partial charge in [0.2, 0.25) is 14.9 Å². The maximum Gasteiger partial charge on any atom is 0.229 e. The van der Waals surface area contributed by atoms with E-state index in [9.17, 15) is 8.42 Å². The zero-order valence-corrected chi connectivity index (χ0v) is 16.3. The molecule has 28 heavy (non-hydrogen) atoms. The van der Waals surface area contributed by atoms with Crippen molar-refractivity contribution in [3.63, 3.8) is 0 Å². The van der Waals surface area contributed by atoms with E-state index in [1.54, 1.807) is 31.4 Å². The summed E-state index contributed by atoms with van der Waals surface area (Å²) in [6.45, 7) is 2.92. The average molecular weight is 397 g/mol. The molecule has 0 aliphatic heterocycles. The van der Waals surface area contributed by atoms with Crippen LogP contribution in [0, 0.1) is 6.92 Å². The first kappa shape index (κ1) is 18.3. The summed E-state index contributed by atoms with van der Waals surface area (Å²) >= 11 is 0. The molecule has 0 atom stereocenters. The molecule has 1 N–H and O–H groups in total. The van der Waals surface area contributed by atoms with E-state index in [4.69, 9.17) is 4.74 Å². The minimum atomic E-state index is -3.86. The van der Waals surface area contributed by atoms with Crippen molar-refractivity contribution in [2.75, 3.05) is 25.6 Å². The number of fused-ring (bicyclic) bond motifs is 3. The fourth-order valence-electron chi connectivity index (χ4n) is 2.95. The van der Waals surface area contributed by atoms with Gasteiger partial charge in [-0.25, -0.2) is 13.4 Å². The molecule has 144 valence electrons. The minimum absolute atomic E-state index is 0.157. The number of para-hydroxylation sites is 1. The van der Waals surface area contributed by atoms with Crippen molar-refractivity contribution in [1.29, 1.82) is 0 Å². The van der Waals surface area contributed by atoms with Crippen molar-refractivity contribution in [3.05, 3.63) is 54.1 Å². The van der Waals surface area contributed by atoms with Gasteiger partial charge in [-0.15, -0.1) is 5.10 Å². The van der Waals surface area contributed by atoms with Crippen LogP contribution in [0.15, 0.2) is 58.5 Å².